The van der Waals surface area contributed by atoms with E-state index in [0.717, 1.165) is 0 Å². The first-order valence-electron chi connectivity index (χ1n) is 6.42. The lowest BCUT2D eigenvalue weighted by atomic mass is 10.2. The zero-order valence-corrected chi connectivity index (χ0v) is 11.9. The molecule has 0 bridgehead atoms. The molecule has 1 aromatic heterocycles. The van der Waals surface area contributed by atoms with Gasteiger partial charge in [0.25, 0.3) is 5.91 Å². The fourth-order valence-electron chi connectivity index (χ4n) is 1.72. The summed E-state index contributed by atoms with van der Waals surface area (Å²) in [6, 6.07) is 10.7. The summed E-state index contributed by atoms with van der Waals surface area (Å²) >= 11 is 6.02. The smallest absolute Gasteiger partial charge is 0.261 e. The number of benzene rings is 1. The summed E-state index contributed by atoms with van der Waals surface area (Å²) < 4.78 is 10.8. The average Bonchev–Trinajstić information content (AvgIpc) is 2.97. The van der Waals surface area contributed by atoms with Crippen LogP contribution in [-0.2, 0) is 11.3 Å². The summed E-state index contributed by atoms with van der Waals surface area (Å²) in [6.07, 6.45) is 1.54. The lowest BCUT2D eigenvalue weighted by Gasteiger charge is -2.17. The van der Waals surface area contributed by atoms with Gasteiger partial charge >= 0.3 is 0 Å². The molecule has 1 atom stereocenters. The highest BCUT2D eigenvalue weighted by Crippen LogP contribution is 2.24. The standard InChI is InChI=1S/C15H16ClNO3/c1-2-13(20-14-8-4-3-7-12(14)16)15(18)17-10-11-6-5-9-19-11/h3-9,13H,2,10H2,1H3,(H,17,18)/t13-/m1/s1. The number of amides is 1. The molecule has 106 valence electrons. The van der Waals surface area contributed by atoms with Crippen molar-refractivity contribution in [1.29, 1.82) is 0 Å². The third kappa shape index (κ3) is 3.78. The predicted octanol–water partition coefficient (Wildman–Crippen LogP) is 3.41. The first-order valence-corrected chi connectivity index (χ1v) is 6.79. The highest BCUT2D eigenvalue weighted by molar-refractivity contribution is 6.32. The summed E-state index contributed by atoms with van der Waals surface area (Å²) in [5, 5.41) is 3.27. The van der Waals surface area contributed by atoms with Crippen LogP contribution in [0.5, 0.6) is 5.75 Å². The molecule has 1 N–H and O–H groups in total. The Kier molecular flexibility index (Phi) is 5.07. The van der Waals surface area contributed by atoms with Crippen LogP contribution in [0.3, 0.4) is 0 Å². The van der Waals surface area contributed by atoms with Crippen LogP contribution >= 0.6 is 11.6 Å². The normalized spacial score (nSPS) is 11.9. The molecule has 2 aromatic rings. The summed E-state index contributed by atoms with van der Waals surface area (Å²) in [5.41, 5.74) is 0. The number of carbonyl (C=O) groups is 1. The SMILES string of the molecule is CC[C@@H](Oc1ccccc1Cl)C(=O)NCc1ccco1. The molecule has 2 rings (SSSR count). The second kappa shape index (κ2) is 7.01. The first kappa shape index (κ1) is 14.5. The predicted molar refractivity (Wildman–Crippen MR) is 76.7 cm³/mol. The average molecular weight is 294 g/mol. The number of para-hydroxylation sites is 1. The Morgan fingerprint density at radius 2 is 2.15 bits per heavy atom. The van der Waals surface area contributed by atoms with Crippen LogP contribution in [0.2, 0.25) is 5.02 Å². The van der Waals surface area contributed by atoms with Crippen molar-refractivity contribution in [3.63, 3.8) is 0 Å². The van der Waals surface area contributed by atoms with Crippen molar-refractivity contribution in [3.8, 4) is 5.75 Å². The Bertz CT molecular complexity index is 554. The first-order chi connectivity index (χ1) is 9.70. The van der Waals surface area contributed by atoms with Crippen molar-refractivity contribution in [2.45, 2.75) is 26.0 Å². The van der Waals surface area contributed by atoms with Crippen LogP contribution in [0.25, 0.3) is 0 Å². The molecule has 1 aromatic carbocycles. The lowest BCUT2D eigenvalue weighted by molar-refractivity contribution is -0.128. The van der Waals surface area contributed by atoms with Gasteiger partial charge < -0.3 is 14.5 Å². The molecule has 1 amide bonds. The van der Waals surface area contributed by atoms with E-state index in [1.54, 1.807) is 30.5 Å². The number of halogens is 1. The number of nitrogens with one attached hydrogen (secondary N) is 1. The third-order valence-corrected chi connectivity index (χ3v) is 3.10. The molecule has 5 heteroatoms. The Hall–Kier alpha value is -1.94. The molecule has 0 aliphatic heterocycles. The molecular formula is C15H16ClNO3. The van der Waals surface area contributed by atoms with Crippen molar-refractivity contribution in [2.75, 3.05) is 0 Å². The van der Waals surface area contributed by atoms with Crippen LogP contribution in [0, 0.1) is 0 Å². The molecule has 1 heterocycles. The third-order valence-electron chi connectivity index (χ3n) is 2.79. The van der Waals surface area contributed by atoms with E-state index in [1.807, 2.05) is 19.1 Å². The molecule has 0 saturated heterocycles. The summed E-state index contributed by atoms with van der Waals surface area (Å²) in [7, 11) is 0. The van der Waals surface area contributed by atoms with Crippen LogP contribution in [0.15, 0.2) is 47.1 Å². The summed E-state index contributed by atoms with van der Waals surface area (Å²) in [6.45, 7) is 2.22. The molecule has 0 saturated carbocycles. The molecule has 0 radical (unpaired) electrons. The number of furan rings is 1. The second-order valence-electron chi connectivity index (χ2n) is 4.24. The topological polar surface area (TPSA) is 51.5 Å². The van der Waals surface area contributed by atoms with Gasteiger partial charge in [0.15, 0.2) is 6.10 Å². The number of hydrogen-bond acceptors (Lipinski definition) is 3. The molecule has 0 unspecified atom stereocenters. The van der Waals surface area contributed by atoms with Gasteiger partial charge in [0, 0.05) is 0 Å². The van der Waals surface area contributed by atoms with E-state index in [9.17, 15) is 4.79 Å². The molecule has 0 aliphatic carbocycles. The molecule has 20 heavy (non-hydrogen) atoms. The number of ether oxygens (including phenoxy) is 1. The van der Waals surface area contributed by atoms with Gasteiger partial charge in [0.1, 0.15) is 11.5 Å². The van der Waals surface area contributed by atoms with E-state index < -0.39 is 6.10 Å². The summed E-state index contributed by atoms with van der Waals surface area (Å²) in [5.74, 6) is 1.02. The fourth-order valence-corrected chi connectivity index (χ4v) is 1.90. The van der Waals surface area contributed by atoms with E-state index in [-0.39, 0.29) is 5.91 Å². The van der Waals surface area contributed by atoms with Gasteiger partial charge in [-0.1, -0.05) is 30.7 Å². The Morgan fingerprint density at radius 3 is 2.80 bits per heavy atom. The van der Waals surface area contributed by atoms with Gasteiger partial charge in [-0.3, -0.25) is 4.79 Å². The van der Waals surface area contributed by atoms with Gasteiger partial charge in [-0.05, 0) is 30.7 Å². The summed E-state index contributed by atoms with van der Waals surface area (Å²) in [4.78, 5) is 12.1. The Balaban J connectivity index is 1.94. The molecule has 0 aliphatic rings. The van der Waals surface area contributed by atoms with E-state index >= 15 is 0 Å². The van der Waals surface area contributed by atoms with Gasteiger partial charge in [0.05, 0.1) is 17.8 Å². The van der Waals surface area contributed by atoms with Crippen LogP contribution in [0.1, 0.15) is 19.1 Å². The minimum Gasteiger partial charge on any atom is -0.479 e. The van der Waals surface area contributed by atoms with Crippen LogP contribution in [-0.4, -0.2) is 12.0 Å². The van der Waals surface area contributed by atoms with Crippen molar-refractivity contribution in [2.24, 2.45) is 0 Å². The van der Waals surface area contributed by atoms with Gasteiger partial charge in [-0.25, -0.2) is 0 Å². The Morgan fingerprint density at radius 1 is 1.35 bits per heavy atom. The number of rotatable bonds is 6. The zero-order chi connectivity index (χ0) is 14.4. The van der Waals surface area contributed by atoms with Crippen molar-refractivity contribution < 1.29 is 13.9 Å². The maximum absolute atomic E-state index is 12.1. The quantitative estimate of drug-likeness (QED) is 0.888. The van der Waals surface area contributed by atoms with Gasteiger partial charge in [-0.15, -0.1) is 0 Å². The fraction of sp³-hybridized carbons (Fsp3) is 0.267. The van der Waals surface area contributed by atoms with E-state index in [4.69, 9.17) is 20.8 Å². The highest BCUT2D eigenvalue weighted by atomic mass is 35.5. The van der Waals surface area contributed by atoms with Crippen molar-refractivity contribution in [3.05, 3.63) is 53.4 Å². The van der Waals surface area contributed by atoms with Crippen LogP contribution < -0.4 is 10.1 Å². The molecule has 4 nitrogen and oxygen atoms in total. The molecular weight excluding hydrogens is 278 g/mol. The largest absolute Gasteiger partial charge is 0.479 e. The molecule has 0 spiro atoms. The Labute approximate surface area is 122 Å². The minimum atomic E-state index is -0.579. The maximum atomic E-state index is 12.1. The van der Waals surface area contributed by atoms with Crippen molar-refractivity contribution in [1.82, 2.24) is 5.32 Å². The van der Waals surface area contributed by atoms with Crippen molar-refractivity contribution >= 4 is 17.5 Å². The van der Waals surface area contributed by atoms with Crippen LogP contribution in [0.4, 0.5) is 0 Å². The van der Waals surface area contributed by atoms with E-state index in [0.29, 0.717) is 29.5 Å². The van der Waals surface area contributed by atoms with E-state index in [2.05, 4.69) is 5.32 Å². The maximum Gasteiger partial charge on any atom is 0.261 e. The van der Waals surface area contributed by atoms with Gasteiger partial charge in [0.2, 0.25) is 0 Å². The number of carbonyl (C=O) groups excluding carboxylic acids is 1. The molecule has 0 fully saturated rings. The van der Waals surface area contributed by atoms with E-state index in [1.165, 1.54) is 0 Å². The minimum absolute atomic E-state index is 0.191. The highest BCUT2D eigenvalue weighted by Gasteiger charge is 2.19. The lowest BCUT2D eigenvalue weighted by Crippen LogP contribution is -2.37. The second-order valence-corrected chi connectivity index (χ2v) is 4.65. The van der Waals surface area contributed by atoms with Gasteiger partial charge in [-0.2, -0.15) is 0 Å². The number of hydrogen-bond donors (Lipinski definition) is 1. The monoisotopic (exact) mass is 293 g/mol. The zero-order valence-electron chi connectivity index (χ0n) is 11.1.